The minimum Gasteiger partial charge on any atom is -0.348 e. The smallest absolute Gasteiger partial charge is 0.263 e. The van der Waals surface area contributed by atoms with E-state index in [0.29, 0.717) is 17.9 Å². The van der Waals surface area contributed by atoms with Gasteiger partial charge in [0, 0.05) is 19.1 Å². The molecule has 1 aliphatic carbocycles. The Bertz CT molecular complexity index is 432. The van der Waals surface area contributed by atoms with Crippen molar-refractivity contribution in [1.82, 2.24) is 15.6 Å². The van der Waals surface area contributed by atoms with Crippen molar-refractivity contribution < 1.29 is 4.79 Å². The number of carbonyl (C=O) groups excluding carboxylic acids is 1. The molecule has 2 atom stereocenters. The van der Waals surface area contributed by atoms with Gasteiger partial charge in [0.2, 0.25) is 0 Å². The summed E-state index contributed by atoms with van der Waals surface area (Å²) in [5.74, 6) is 1.39. The molecule has 2 fully saturated rings. The van der Waals surface area contributed by atoms with Crippen molar-refractivity contribution in [3.8, 4) is 0 Å². The van der Waals surface area contributed by atoms with E-state index in [1.165, 1.54) is 11.3 Å². The Hall–Kier alpha value is -0.940. The Kier molecular flexibility index (Phi) is 2.26. The number of nitrogens with zero attached hydrogens (tertiary/aromatic N) is 1. The predicted molar refractivity (Wildman–Crippen MR) is 62.7 cm³/mol. The lowest BCUT2D eigenvalue weighted by atomic mass is 10.3. The normalized spacial score (nSPS) is 31.2. The zero-order valence-electron chi connectivity index (χ0n) is 9.41. The fourth-order valence-corrected chi connectivity index (χ4v) is 3.41. The Morgan fingerprint density at radius 1 is 1.44 bits per heavy atom. The van der Waals surface area contributed by atoms with Crippen LogP contribution in [0.2, 0.25) is 0 Å². The van der Waals surface area contributed by atoms with E-state index >= 15 is 0 Å². The molecule has 0 aromatic carbocycles. The van der Waals surface area contributed by atoms with Gasteiger partial charge in [0.25, 0.3) is 5.91 Å². The molecule has 2 aliphatic rings. The van der Waals surface area contributed by atoms with E-state index < -0.39 is 0 Å². The summed E-state index contributed by atoms with van der Waals surface area (Å²) in [7, 11) is 0. The van der Waals surface area contributed by atoms with Crippen LogP contribution in [0.15, 0.2) is 0 Å². The number of rotatable bonds is 2. The lowest BCUT2D eigenvalue weighted by Gasteiger charge is -2.06. The summed E-state index contributed by atoms with van der Waals surface area (Å²) in [6.45, 7) is 5.94. The molecular formula is C11H15N3OS. The predicted octanol–water partition coefficient (Wildman–Crippen LogP) is 0.708. The second-order valence-electron chi connectivity index (χ2n) is 4.63. The van der Waals surface area contributed by atoms with Crippen LogP contribution in [0.3, 0.4) is 0 Å². The van der Waals surface area contributed by atoms with Crippen LogP contribution in [0.4, 0.5) is 0 Å². The van der Waals surface area contributed by atoms with Crippen LogP contribution in [0.5, 0.6) is 0 Å². The number of hydrogen-bond acceptors (Lipinski definition) is 4. The highest BCUT2D eigenvalue weighted by molar-refractivity contribution is 7.13. The molecule has 1 saturated carbocycles. The number of carbonyl (C=O) groups is 1. The molecule has 0 radical (unpaired) electrons. The standard InChI is InChI=1S/C11H15N3OS/c1-5-10(16-6(2)13-5)11(15)14-9-7-3-12-4-8(7)9/h7-9,12H,3-4H2,1-2H3,(H,14,15). The maximum absolute atomic E-state index is 12.0. The fourth-order valence-electron chi connectivity index (χ4n) is 2.59. The van der Waals surface area contributed by atoms with Crippen molar-refractivity contribution in [2.24, 2.45) is 11.8 Å². The van der Waals surface area contributed by atoms with E-state index in [0.717, 1.165) is 28.7 Å². The van der Waals surface area contributed by atoms with Crippen LogP contribution in [0, 0.1) is 25.7 Å². The van der Waals surface area contributed by atoms with Gasteiger partial charge in [0.15, 0.2) is 0 Å². The maximum Gasteiger partial charge on any atom is 0.263 e. The molecule has 5 heteroatoms. The average Bonchev–Trinajstić information content (AvgIpc) is 2.66. The van der Waals surface area contributed by atoms with E-state index in [9.17, 15) is 4.79 Å². The summed E-state index contributed by atoms with van der Waals surface area (Å²) in [5.41, 5.74) is 0.851. The molecule has 1 amide bonds. The number of thiazole rings is 1. The molecule has 2 unspecified atom stereocenters. The molecule has 1 saturated heterocycles. The third-order valence-electron chi connectivity index (χ3n) is 3.50. The van der Waals surface area contributed by atoms with Gasteiger partial charge in [-0.3, -0.25) is 4.79 Å². The number of fused-ring (bicyclic) bond motifs is 1. The topological polar surface area (TPSA) is 54.0 Å². The third-order valence-corrected chi connectivity index (χ3v) is 4.57. The largest absolute Gasteiger partial charge is 0.348 e. The molecule has 2 N–H and O–H groups in total. The van der Waals surface area contributed by atoms with Gasteiger partial charge >= 0.3 is 0 Å². The molecule has 3 rings (SSSR count). The van der Waals surface area contributed by atoms with Crippen molar-refractivity contribution in [2.75, 3.05) is 13.1 Å². The van der Waals surface area contributed by atoms with E-state index in [2.05, 4.69) is 15.6 Å². The van der Waals surface area contributed by atoms with E-state index in [1.807, 2.05) is 13.8 Å². The number of aryl methyl sites for hydroxylation is 2. The Morgan fingerprint density at radius 3 is 2.69 bits per heavy atom. The summed E-state index contributed by atoms with van der Waals surface area (Å²) in [6, 6.07) is 0.399. The molecule has 1 aliphatic heterocycles. The highest BCUT2D eigenvalue weighted by Crippen LogP contribution is 2.41. The number of aromatic nitrogens is 1. The molecule has 0 spiro atoms. The molecular weight excluding hydrogens is 222 g/mol. The highest BCUT2D eigenvalue weighted by Gasteiger charge is 2.53. The quantitative estimate of drug-likeness (QED) is 0.796. The van der Waals surface area contributed by atoms with Gasteiger partial charge in [-0.1, -0.05) is 0 Å². The Morgan fingerprint density at radius 2 is 2.12 bits per heavy atom. The lowest BCUT2D eigenvalue weighted by Crippen LogP contribution is -2.32. The molecule has 0 bridgehead atoms. The Labute approximate surface area is 98.5 Å². The fraction of sp³-hybridized carbons (Fsp3) is 0.636. The summed E-state index contributed by atoms with van der Waals surface area (Å²) in [5, 5.41) is 7.40. The minimum atomic E-state index is 0.0579. The van der Waals surface area contributed by atoms with Crippen LogP contribution < -0.4 is 10.6 Å². The number of amides is 1. The molecule has 1 aromatic rings. The van der Waals surface area contributed by atoms with Gasteiger partial charge in [-0.15, -0.1) is 11.3 Å². The van der Waals surface area contributed by atoms with Gasteiger partial charge < -0.3 is 10.6 Å². The molecule has 2 heterocycles. The SMILES string of the molecule is Cc1nc(C)c(C(=O)NC2C3CNCC32)s1. The first-order chi connectivity index (χ1) is 7.66. The van der Waals surface area contributed by atoms with Crippen molar-refractivity contribution in [3.05, 3.63) is 15.6 Å². The van der Waals surface area contributed by atoms with Crippen molar-refractivity contribution in [2.45, 2.75) is 19.9 Å². The van der Waals surface area contributed by atoms with Gasteiger partial charge in [-0.25, -0.2) is 4.98 Å². The van der Waals surface area contributed by atoms with Crippen LogP contribution in [0.1, 0.15) is 20.4 Å². The molecule has 1 aromatic heterocycles. The summed E-state index contributed by atoms with van der Waals surface area (Å²) in [4.78, 5) is 17.1. The van der Waals surface area contributed by atoms with Gasteiger partial charge in [0.1, 0.15) is 4.88 Å². The first-order valence-corrected chi connectivity index (χ1v) is 6.44. The third kappa shape index (κ3) is 1.55. The van der Waals surface area contributed by atoms with E-state index in [4.69, 9.17) is 0 Å². The molecule has 4 nitrogen and oxygen atoms in total. The molecule has 16 heavy (non-hydrogen) atoms. The van der Waals surface area contributed by atoms with Crippen LogP contribution >= 0.6 is 11.3 Å². The first kappa shape index (κ1) is 10.2. The highest BCUT2D eigenvalue weighted by atomic mass is 32.1. The van der Waals surface area contributed by atoms with Crippen molar-refractivity contribution in [1.29, 1.82) is 0 Å². The van der Waals surface area contributed by atoms with Crippen LogP contribution in [-0.4, -0.2) is 30.0 Å². The van der Waals surface area contributed by atoms with Crippen LogP contribution in [-0.2, 0) is 0 Å². The summed E-state index contributed by atoms with van der Waals surface area (Å²) >= 11 is 1.48. The first-order valence-electron chi connectivity index (χ1n) is 5.62. The number of piperidine rings is 1. The average molecular weight is 237 g/mol. The summed E-state index contributed by atoms with van der Waals surface area (Å²) in [6.07, 6.45) is 0. The minimum absolute atomic E-state index is 0.0579. The maximum atomic E-state index is 12.0. The van der Waals surface area contributed by atoms with Gasteiger partial charge in [-0.2, -0.15) is 0 Å². The second kappa shape index (κ2) is 3.53. The van der Waals surface area contributed by atoms with Crippen molar-refractivity contribution >= 4 is 17.2 Å². The lowest BCUT2D eigenvalue weighted by molar-refractivity contribution is 0.0950. The van der Waals surface area contributed by atoms with Gasteiger partial charge in [0.05, 0.1) is 10.7 Å². The summed E-state index contributed by atoms with van der Waals surface area (Å²) < 4.78 is 0. The van der Waals surface area contributed by atoms with E-state index in [1.54, 1.807) is 0 Å². The molecule has 86 valence electrons. The van der Waals surface area contributed by atoms with E-state index in [-0.39, 0.29) is 5.91 Å². The number of nitrogens with one attached hydrogen (secondary N) is 2. The van der Waals surface area contributed by atoms with Gasteiger partial charge in [-0.05, 0) is 25.7 Å². The second-order valence-corrected chi connectivity index (χ2v) is 5.84. The zero-order chi connectivity index (χ0) is 11.3. The Balaban J connectivity index is 1.68. The van der Waals surface area contributed by atoms with Crippen molar-refractivity contribution in [3.63, 3.8) is 0 Å². The monoisotopic (exact) mass is 237 g/mol. The zero-order valence-corrected chi connectivity index (χ0v) is 10.2. The number of hydrogen-bond donors (Lipinski definition) is 2. The van der Waals surface area contributed by atoms with Crippen LogP contribution in [0.25, 0.3) is 0 Å².